The van der Waals surface area contributed by atoms with Crippen molar-refractivity contribution in [3.63, 3.8) is 0 Å². The lowest BCUT2D eigenvalue weighted by Crippen LogP contribution is -1.81. The molecule has 0 saturated carbocycles. The van der Waals surface area contributed by atoms with Gasteiger partial charge < -0.3 is 0 Å². The van der Waals surface area contributed by atoms with Crippen LogP contribution in [0.2, 0.25) is 0 Å². The molecule has 2 heterocycles. The number of benzene rings is 4. The van der Waals surface area contributed by atoms with E-state index in [1.165, 1.54) is 62.2 Å². The minimum absolute atomic E-state index is 1.33. The molecular formula is C24H16S2. The standard InChI is InChI=1S/C24H16S2/c1-13-7-17-10-20-22(12-18(17)8-14(13)2)26-23-19-9-15-5-3-4-6-16(15)11-21(19)25-24(20)23/h3-12H,1-2H3. The molecule has 0 unspecified atom stereocenters. The van der Waals surface area contributed by atoms with Crippen molar-refractivity contribution in [3.05, 3.63) is 71.8 Å². The van der Waals surface area contributed by atoms with Crippen molar-refractivity contribution in [2.75, 3.05) is 0 Å². The zero-order valence-corrected chi connectivity index (χ0v) is 16.2. The fraction of sp³-hybridized carbons (Fsp3) is 0.0833. The van der Waals surface area contributed by atoms with Crippen molar-refractivity contribution in [2.45, 2.75) is 13.8 Å². The van der Waals surface area contributed by atoms with Crippen molar-refractivity contribution in [1.82, 2.24) is 0 Å². The third-order valence-corrected chi connectivity index (χ3v) is 8.02. The van der Waals surface area contributed by atoms with Crippen LogP contribution in [0.25, 0.3) is 51.1 Å². The van der Waals surface area contributed by atoms with Crippen LogP contribution in [-0.4, -0.2) is 0 Å². The second kappa shape index (κ2) is 5.06. The summed E-state index contributed by atoms with van der Waals surface area (Å²) in [7, 11) is 0. The highest BCUT2D eigenvalue weighted by molar-refractivity contribution is 7.36. The highest BCUT2D eigenvalue weighted by atomic mass is 32.1. The highest BCUT2D eigenvalue weighted by Gasteiger charge is 2.14. The van der Waals surface area contributed by atoms with Crippen LogP contribution >= 0.6 is 22.7 Å². The van der Waals surface area contributed by atoms with E-state index in [4.69, 9.17) is 0 Å². The molecular weight excluding hydrogens is 352 g/mol. The molecule has 0 saturated heterocycles. The van der Waals surface area contributed by atoms with Gasteiger partial charge in [0, 0.05) is 20.2 Å². The lowest BCUT2D eigenvalue weighted by Gasteiger charge is -2.04. The molecule has 4 aromatic carbocycles. The minimum Gasteiger partial charge on any atom is -0.134 e. The monoisotopic (exact) mass is 368 g/mol. The molecule has 124 valence electrons. The van der Waals surface area contributed by atoms with E-state index in [-0.39, 0.29) is 0 Å². The molecule has 0 spiro atoms. The van der Waals surface area contributed by atoms with Crippen LogP contribution < -0.4 is 0 Å². The Morgan fingerprint density at radius 2 is 1.00 bits per heavy atom. The molecule has 0 bridgehead atoms. The topological polar surface area (TPSA) is 0 Å². The molecule has 0 aliphatic rings. The molecule has 0 aliphatic heterocycles. The first-order valence-electron chi connectivity index (χ1n) is 8.86. The van der Waals surface area contributed by atoms with E-state index < -0.39 is 0 Å². The van der Waals surface area contributed by atoms with Crippen LogP contribution in [0.5, 0.6) is 0 Å². The lowest BCUT2D eigenvalue weighted by molar-refractivity contribution is 1.37. The average Bonchev–Trinajstić information content (AvgIpc) is 3.15. The molecule has 0 amide bonds. The SMILES string of the molecule is Cc1cc2cc3sc4c5cc6ccccc6cc5sc4c3cc2cc1C. The van der Waals surface area contributed by atoms with Gasteiger partial charge in [-0.3, -0.25) is 0 Å². The first-order valence-corrected chi connectivity index (χ1v) is 10.5. The summed E-state index contributed by atoms with van der Waals surface area (Å²) in [6.45, 7) is 4.40. The number of rotatable bonds is 0. The van der Waals surface area contributed by atoms with Crippen LogP contribution in [0.1, 0.15) is 11.1 Å². The third kappa shape index (κ3) is 1.94. The summed E-state index contributed by atoms with van der Waals surface area (Å²) in [6.07, 6.45) is 0. The predicted octanol–water partition coefficient (Wildman–Crippen LogP) is 8.19. The summed E-state index contributed by atoms with van der Waals surface area (Å²) in [4.78, 5) is 0. The van der Waals surface area contributed by atoms with Crippen molar-refractivity contribution < 1.29 is 0 Å². The Morgan fingerprint density at radius 1 is 0.538 bits per heavy atom. The van der Waals surface area contributed by atoms with Gasteiger partial charge in [0.15, 0.2) is 0 Å². The van der Waals surface area contributed by atoms with Gasteiger partial charge >= 0.3 is 0 Å². The summed E-state index contributed by atoms with van der Waals surface area (Å²) in [5.74, 6) is 0. The summed E-state index contributed by atoms with van der Waals surface area (Å²) in [5.41, 5.74) is 2.73. The summed E-state index contributed by atoms with van der Waals surface area (Å²) in [5, 5.41) is 8.17. The van der Waals surface area contributed by atoms with Crippen LogP contribution in [0, 0.1) is 13.8 Å². The van der Waals surface area contributed by atoms with Gasteiger partial charge in [0.05, 0.1) is 9.40 Å². The van der Waals surface area contributed by atoms with Gasteiger partial charge in [0.1, 0.15) is 0 Å². The van der Waals surface area contributed by atoms with Gasteiger partial charge in [0.2, 0.25) is 0 Å². The van der Waals surface area contributed by atoms with Gasteiger partial charge in [-0.2, -0.15) is 0 Å². The maximum Gasteiger partial charge on any atom is 0.0542 e. The molecule has 0 aliphatic carbocycles. The van der Waals surface area contributed by atoms with E-state index in [0.29, 0.717) is 0 Å². The van der Waals surface area contributed by atoms with E-state index in [1.54, 1.807) is 0 Å². The summed E-state index contributed by atoms with van der Waals surface area (Å²) in [6, 6.07) is 22.8. The average molecular weight is 369 g/mol. The minimum atomic E-state index is 1.33. The fourth-order valence-corrected chi connectivity index (χ4v) is 6.66. The van der Waals surface area contributed by atoms with Gasteiger partial charge in [-0.15, -0.1) is 22.7 Å². The maximum atomic E-state index is 2.39. The Morgan fingerprint density at radius 3 is 1.62 bits per heavy atom. The second-order valence-electron chi connectivity index (χ2n) is 7.19. The van der Waals surface area contributed by atoms with E-state index in [1.807, 2.05) is 22.7 Å². The van der Waals surface area contributed by atoms with E-state index in [9.17, 15) is 0 Å². The Kier molecular flexibility index (Phi) is 2.87. The molecule has 0 radical (unpaired) electrons. The van der Waals surface area contributed by atoms with Gasteiger partial charge in [-0.1, -0.05) is 36.4 Å². The number of hydrogen-bond acceptors (Lipinski definition) is 2. The lowest BCUT2D eigenvalue weighted by atomic mass is 10.0. The molecule has 2 heteroatoms. The molecule has 0 nitrogen and oxygen atoms in total. The van der Waals surface area contributed by atoms with Crippen LogP contribution in [0.15, 0.2) is 60.7 Å². The number of fused-ring (bicyclic) bond motifs is 7. The number of thiophene rings is 2. The van der Waals surface area contributed by atoms with E-state index in [0.717, 1.165) is 0 Å². The number of hydrogen-bond donors (Lipinski definition) is 0. The molecule has 0 fully saturated rings. The van der Waals surface area contributed by atoms with Crippen molar-refractivity contribution in [1.29, 1.82) is 0 Å². The molecule has 0 N–H and O–H groups in total. The normalized spacial score (nSPS) is 12.2. The van der Waals surface area contributed by atoms with Crippen molar-refractivity contribution in [2.24, 2.45) is 0 Å². The van der Waals surface area contributed by atoms with E-state index >= 15 is 0 Å². The summed E-state index contributed by atoms with van der Waals surface area (Å²) >= 11 is 3.88. The number of aryl methyl sites for hydroxylation is 2. The first kappa shape index (κ1) is 14.7. The predicted molar refractivity (Wildman–Crippen MR) is 119 cm³/mol. The van der Waals surface area contributed by atoms with Crippen LogP contribution in [0.3, 0.4) is 0 Å². The third-order valence-electron chi connectivity index (χ3n) is 5.52. The Hall–Kier alpha value is -2.42. The fourth-order valence-electron chi connectivity index (χ4n) is 3.97. The van der Waals surface area contributed by atoms with Gasteiger partial charge in [-0.25, -0.2) is 0 Å². The summed E-state index contributed by atoms with van der Waals surface area (Å²) < 4.78 is 5.68. The highest BCUT2D eigenvalue weighted by Crippen LogP contribution is 2.46. The smallest absolute Gasteiger partial charge is 0.0542 e. The molecule has 6 rings (SSSR count). The van der Waals surface area contributed by atoms with Crippen molar-refractivity contribution in [3.8, 4) is 0 Å². The maximum absolute atomic E-state index is 2.39. The van der Waals surface area contributed by atoms with Crippen LogP contribution in [-0.2, 0) is 0 Å². The van der Waals surface area contributed by atoms with Crippen molar-refractivity contribution >= 4 is 73.8 Å². The zero-order chi connectivity index (χ0) is 17.4. The van der Waals surface area contributed by atoms with Gasteiger partial charge in [-0.05, 0) is 70.8 Å². The molecule has 0 atom stereocenters. The Bertz CT molecular complexity index is 1500. The zero-order valence-electron chi connectivity index (χ0n) is 14.6. The second-order valence-corrected chi connectivity index (χ2v) is 9.29. The molecule has 2 aromatic heterocycles. The van der Waals surface area contributed by atoms with E-state index in [2.05, 4.69) is 74.5 Å². The van der Waals surface area contributed by atoms with Crippen LogP contribution in [0.4, 0.5) is 0 Å². The molecule has 26 heavy (non-hydrogen) atoms. The molecule has 6 aromatic rings. The largest absolute Gasteiger partial charge is 0.134 e. The first-order chi connectivity index (χ1) is 12.7. The van der Waals surface area contributed by atoms with Gasteiger partial charge in [0.25, 0.3) is 0 Å². The quantitative estimate of drug-likeness (QED) is 0.253. The Balaban J connectivity index is 1.77. The Labute approximate surface area is 159 Å².